The molecule has 31 heavy (non-hydrogen) atoms. The molecule has 1 aromatic carbocycles. The van der Waals surface area contributed by atoms with Gasteiger partial charge in [0, 0.05) is 13.3 Å². The van der Waals surface area contributed by atoms with E-state index in [9.17, 15) is 21.6 Å². The number of allylic oxidation sites excluding steroid dienone is 1. The van der Waals surface area contributed by atoms with Gasteiger partial charge in [0.1, 0.15) is 11.4 Å². The lowest BCUT2D eigenvalue weighted by molar-refractivity contribution is -0.0875. The predicted octanol–water partition coefficient (Wildman–Crippen LogP) is 1.85. The fraction of sp³-hybridized carbons (Fsp3) is 0.368. The largest absolute Gasteiger partial charge is 0.421 e. The molecule has 1 aliphatic heterocycles. The number of nitrogens with zero attached hydrogens (tertiary/aromatic N) is 3. The van der Waals surface area contributed by atoms with E-state index in [0.717, 1.165) is 0 Å². The zero-order chi connectivity index (χ0) is 22.6. The summed E-state index contributed by atoms with van der Waals surface area (Å²) in [5.74, 6) is -1.96. The fourth-order valence-corrected chi connectivity index (χ4v) is 5.12. The van der Waals surface area contributed by atoms with Gasteiger partial charge in [0.05, 0.1) is 33.3 Å². The first-order valence-electron chi connectivity index (χ1n) is 9.48. The summed E-state index contributed by atoms with van der Waals surface area (Å²) in [5.41, 5.74) is 6.81. The lowest BCUT2D eigenvalue weighted by Gasteiger charge is -2.33. The summed E-state index contributed by atoms with van der Waals surface area (Å²) in [5, 5.41) is 9.05. The van der Waals surface area contributed by atoms with Crippen molar-refractivity contribution in [2.45, 2.75) is 41.9 Å². The average molecular weight is 454 g/mol. The molecule has 0 spiro atoms. The molecule has 2 aliphatic rings. The molecule has 1 unspecified atom stereocenters. The number of aliphatic imine (C=N–C) groups is 1. The Morgan fingerprint density at radius 3 is 2.45 bits per heavy atom. The van der Waals surface area contributed by atoms with E-state index in [0.29, 0.717) is 36.0 Å². The third-order valence-electron chi connectivity index (χ3n) is 5.33. The quantitative estimate of drug-likeness (QED) is 0.635. The Morgan fingerprint density at radius 1 is 1.26 bits per heavy atom. The second-order valence-corrected chi connectivity index (χ2v) is 9.71. The van der Waals surface area contributed by atoms with E-state index < -0.39 is 27.4 Å². The van der Waals surface area contributed by atoms with E-state index in [1.54, 1.807) is 19.1 Å². The number of hydrogen-bond donors (Lipinski definition) is 3. The molecular weight excluding hydrogens is 433 g/mol. The third-order valence-corrected chi connectivity index (χ3v) is 7.61. The molecule has 2 heterocycles. The van der Waals surface area contributed by atoms with Gasteiger partial charge in [0.15, 0.2) is 9.84 Å². The SMILES string of the molecule is CNC1=C(C(F)(F)F)C=NC(N)(c2cnn(-c3ccc(S(=O)(=O)C4CC4)cc3)c2C)N1. The highest BCUT2D eigenvalue weighted by Gasteiger charge is 2.42. The Morgan fingerprint density at radius 2 is 1.90 bits per heavy atom. The van der Waals surface area contributed by atoms with E-state index in [1.165, 1.54) is 30.1 Å². The number of benzene rings is 1. The van der Waals surface area contributed by atoms with Crippen molar-refractivity contribution < 1.29 is 21.6 Å². The first kappa shape index (κ1) is 21.4. The highest BCUT2D eigenvalue weighted by Crippen LogP contribution is 2.34. The first-order valence-corrected chi connectivity index (χ1v) is 11.0. The summed E-state index contributed by atoms with van der Waals surface area (Å²) in [6.45, 7) is 1.70. The van der Waals surface area contributed by atoms with Gasteiger partial charge in [-0.3, -0.25) is 5.73 Å². The van der Waals surface area contributed by atoms with Crippen LogP contribution < -0.4 is 16.4 Å². The van der Waals surface area contributed by atoms with Gasteiger partial charge in [-0.25, -0.2) is 18.1 Å². The van der Waals surface area contributed by atoms with E-state index in [1.807, 2.05) is 0 Å². The van der Waals surface area contributed by atoms with Crippen LogP contribution in [0.5, 0.6) is 0 Å². The standard InChI is InChI=1S/C19H21F3N6O2S/c1-11-15(19(23)25-9-16(18(20,21)22)17(24-2)27-19)10-26-28(11)12-3-5-13(6-4-12)31(29,30)14-7-8-14/h3-6,9-10,14,24,27H,7-8,23H2,1-2H3. The molecule has 2 aromatic rings. The number of rotatable bonds is 5. The molecular formula is C19H21F3N6O2S. The number of aromatic nitrogens is 2. The number of alkyl halides is 3. The van der Waals surface area contributed by atoms with Gasteiger partial charge in [-0.2, -0.15) is 18.3 Å². The van der Waals surface area contributed by atoms with Crippen molar-refractivity contribution in [3.05, 3.63) is 53.1 Å². The molecule has 1 aromatic heterocycles. The molecule has 1 saturated carbocycles. The molecule has 1 atom stereocenters. The van der Waals surface area contributed by atoms with E-state index >= 15 is 0 Å². The minimum atomic E-state index is -4.60. The summed E-state index contributed by atoms with van der Waals surface area (Å²) in [7, 11) is -1.96. The van der Waals surface area contributed by atoms with Crippen molar-refractivity contribution >= 4 is 16.1 Å². The molecule has 0 bridgehead atoms. The van der Waals surface area contributed by atoms with E-state index in [2.05, 4.69) is 20.7 Å². The molecule has 166 valence electrons. The van der Waals surface area contributed by atoms with E-state index in [4.69, 9.17) is 5.73 Å². The van der Waals surface area contributed by atoms with Crippen LogP contribution in [0, 0.1) is 6.92 Å². The molecule has 0 saturated heterocycles. The topological polar surface area (TPSA) is 114 Å². The van der Waals surface area contributed by atoms with Crippen LogP contribution in [0.1, 0.15) is 24.1 Å². The summed E-state index contributed by atoms with van der Waals surface area (Å²) >= 11 is 0. The molecule has 4 N–H and O–H groups in total. The monoisotopic (exact) mass is 454 g/mol. The molecule has 12 heteroatoms. The lowest BCUT2D eigenvalue weighted by atomic mass is 10.1. The minimum absolute atomic E-state index is 0.251. The smallest absolute Gasteiger partial charge is 0.374 e. The molecule has 8 nitrogen and oxygen atoms in total. The van der Waals surface area contributed by atoms with E-state index in [-0.39, 0.29) is 16.0 Å². The van der Waals surface area contributed by atoms with Crippen LogP contribution in [-0.4, -0.2) is 42.9 Å². The molecule has 1 fully saturated rings. The molecule has 4 rings (SSSR count). The summed E-state index contributed by atoms with van der Waals surface area (Å²) < 4.78 is 65.8. The number of nitrogens with two attached hydrogens (primary N) is 1. The lowest BCUT2D eigenvalue weighted by Crippen LogP contribution is -2.54. The maximum absolute atomic E-state index is 13.2. The highest BCUT2D eigenvalue weighted by molar-refractivity contribution is 7.92. The van der Waals surface area contributed by atoms with Gasteiger partial charge >= 0.3 is 6.18 Å². The van der Waals surface area contributed by atoms with Gasteiger partial charge in [0.25, 0.3) is 0 Å². The van der Waals surface area contributed by atoms with Gasteiger partial charge in [0.2, 0.25) is 5.79 Å². The zero-order valence-corrected chi connectivity index (χ0v) is 17.5. The Balaban J connectivity index is 1.65. The normalized spacial score (nSPS) is 21.9. The summed E-state index contributed by atoms with van der Waals surface area (Å²) in [6.07, 6.45) is -1.14. The second-order valence-electron chi connectivity index (χ2n) is 7.48. The minimum Gasteiger partial charge on any atom is -0.374 e. The number of nitrogens with one attached hydrogen (secondary N) is 2. The fourth-order valence-electron chi connectivity index (χ4n) is 3.46. The van der Waals surface area contributed by atoms with Crippen LogP contribution in [-0.2, 0) is 15.6 Å². The molecule has 1 aliphatic carbocycles. The first-order chi connectivity index (χ1) is 14.5. The summed E-state index contributed by atoms with van der Waals surface area (Å²) in [4.78, 5) is 4.16. The average Bonchev–Trinajstić information content (AvgIpc) is 3.50. The van der Waals surface area contributed by atoms with Crippen molar-refractivity contribution in [2.75, 3.05) is 7.05 Å². The maximum Gasteiger partial charge on any atom is 0.421 e. The maximum atomic E-state index is 13.2. The zero-order valence-electron chi connectivity index (χ0n) is 16.7. The van der Waals surface area contributed by atoms with Crippen molar-refractivity contribution in [2.24, 2.45) is 10.7 Å². The third kappa shape index (κ3) is 3.69. The molecule has 0 radical (unpaired) electrons. The molecule has 0 amide bonds. The van der Waals surface area contributed by atoms with Crippen LogP contribution in [0.25, 0.3) is 5.69 Å². The Kier molecular flexibility index (Phi) is 4.89. The van der Waals surface area contributed by atoms with Crippen LogP contribution in [0.15, 0.2) is 51.7 Å². The Bertz CT molecular complexity index is 1180. The van der Waals surface area contributed by atoms with Crippen LogP contribution in [0.4, 0.5) is 13.2 Å². The number of hydrogen-bond acceptors (Lipinski definition) is 7. The van der Waals surface area contributed by atoms with Crippen molar-refractivity contribution in [1.29, 1.82) is 0 Å². The van der Waals surface area contributed by atoms with Crippen molar-refractivity contribution in [1.82, 2.24) is 20.4 Å². The van der Waals surface area contributed by atoms with Crippen LogP contribution in [0.3, 0.4) is 0 Å². The summed E-state index contributed by atoms with van der Waals surface area (Å²) in [6, 6.07) is 6.30. The highest BCUT2D eigenvalue weighted by atomic mass is 32.2. The van der Waals surface area contributed by atoms with Crippen molar-refractivity contribution in [3.8, 4) is 5.69 Å². The van der Waals surface area contributed by atoms with Gasteiger partial charge < -0.3 is 10.6 Å². The van der Waals surface area contributed by atoms with Gasteiger partial charge in [-0.15, -0.1) is 0 Å². The van der Waals surface area contributed by atoms with Crippen LogP contribution >= 0.6 is 0 Å². The van der Waals surface area contributed by atoms with Gasteiger partial charge in [-0.05, 0) is 44.0 Å². The second kappa shape index (κ2) is 7.09. The Labute approximate surface area is 177 Å². The van der Waals surface area contributed by atoms with Crippen molar-refractivity contribution in [3.63, 3.8) is 0 Å². The predicted molar refractivity (Wildman–Crippen MR) is 108 cm³/mol. The van der Waals surface area contributed by atoms with Gasteiger partial charge in [-0.1, -0.05) is 0 Å². The number of sulfone groups is 1. The number of halogens is 3. The van der Waals surface area contributed by atoms with Crippen LogP contribution in [0.2, 0.25) is 0 Å². The Hall–Kier alpha value is -2.86.